The Morgan fingerprint density at radius 3 is 2.31 bits per heavy atom. The number of carbonyl (C=O) groups is 4. The summed E-state index contributed by atoms with van der Waals surface area (Å²) in [4.78, 5) is 50.7. The number of carboxylic acid groups (broad SMARTS) is 1. The van der Waals surface area contributed by atoms with Gasteiger partial charge in [-0.3, -0.25) is 14.4 Å². The van der Waals surface area contributed by atoms with E-state index < -0.39 is 47.9 Å². The fraction of sp³-hybridized carbons (Fsp3) is 0.789. The Bertz CT molecular complexity index is 615. The number of likely N-dealkylation sites (tertiary alicyclic amines) is 1. The van der Waals surface area contributed by atoms with Crippen molar-refractivity contribution in [3.8, 4) is 0 Å². The lowest BCUT2D eigenvalue weighted by Gasteiger charge is -2.30. The number of nitrogens with one attached hydrogen (secondary N) is 2. The predicted molar refractivity (Wildman–Crippen MR) is 112 cm³/mol. The minimum atomic E-state index is -1.12. The average Bonchev–Trinajstić information content (AvgIpc) is 3.17. The van der Waals surface area contributed by atoms with Crippen LogP contribution < -0.4 is 16.4 Å². The number of amides is 3. The highest BCUT2D eigenvalue weighted by Crippen LogP contribution is 2.20. The molecule has 1 rings (SSSR count). The van der Waals surface area contributed by atoms with E-state index in [-0.39, 0.29) is 17.6 Å². The van der Waals surface area contributed by atoms with Crippen LogP contribution in [-0.4, -0.2) is 70.2 Å². The molecule has 1 aliphatic rings. The van der Waals surface area contributed by atoms with Crippen LogP contribution in [0.25, 0.3) is 0 Å². The van der Waals surface area contributed by atoms with Crippen LogP contribution in [0.5, 0.6) is 0 Å². The second kappa shape index (κ2) is 11.4. The van der Waals surface area contributed by atoms with E-state index in [0.717, 1.165) is 6.42 Å². The smallest absolute Gasteiger partial charge is 0.326 e. The molecule has 166 valence electrons. The third-order valence-electron chi connectivity index (χ3n) is 5.43. The van der Waals surface area contributed by atoms with Crippen molar-refractivity contribution in [2.45, 2.75) is 71.1 Å². The molecule has 5 unspecified atom stereocenters. The van der Waals surface area contributed by atoms with Gasteiger partial charge >= 0.3 is 5.97 Å². The fourth-order valence-corrected chi connectivity index (χ4v) is 3.48. The molecule has 5 atom stereocenters. The molecule has 1 saturated heterocycles. The van der Waals surface area contributed by atoms with Crippen molar-refractivity contribution in [3.05, 3.63) is 0 Å². The van der Waals surface area contributed by atoms with Crippen LogP contribution in [0.4, 0.5) is 0 Å². The first-order valence-electron chi connectivity index (χ1n) is 10.1. The van der Waals surface area contributed by atoms with Crippen molar-refractivity contribution in [1.82, 2.24) is 15.5 Å². The number of rotatable bonds is 10. The van der Waals surface area contributed by atoms with Gasteiger partial charge in [0, 0.05) is 12.3 Å². The van der Waals surface area contributed by atoms with Crippen LogP contribution in [0.15, 0.2) is 0 Å². The molecule has 10 heteroatoms. The van der Waals surface area contributed by atoms with Crippen molar-refractivity contribution in [1.29, 1.82) is 0 Å². The maximum absolute atomic E-state index is 13.0. The van der Waals surface area contributed by atoms with Crippen LogP contribution in [0.3, 0.4) is 0 Å². The van der Waals surface area contributed by atoms with Crippen LogP contribution in [0.2, 0.25) is 0 Å². The number of hydrogen-bond donors (Lipinski definition) is 5. The lowest BCUT2D eigenvalue weighted by Crippen LogP contribution is -2.58. The number of hydrogen-bond acceptors (Lipinski definition) is 6. The Morgan fingerprint density at radius 2 is 1.83 bits per heavy atom. The number of nitrogens with two attached hydrogens (primary N) is 1. The van der Waals surface area contributed by atoms with Crippen molar-refractivity contribution >= 4 is 36.3 Å². The second-order valence-electron chi connectivity index (χ2n) is 7.91. The molecule has 1 heterocycles. The number of carboxylic acids is 1. The molecule has 1 fully saturated rings. The molecule has 0 bridgehead atoms. The standard InChI is InChI=1S/C19H34N4O5S/c1-5-11(4)14(20)17(25)21-12(9-29)18(26)23-8-6-7-13(23)16(24)22-15(10(2)3)19(27)28/h10-15,29H,5-9,20H2,1-4H3,(H,21,25)(H,22,24)(H,27,28). The van der Waals surface area contributed by atoms with Crippen molar-refractivity contribution in [2.75, 3.05) is 12.3 Å². The van der Waals surface area contributed by atoms with Gasteiger partial charge in [-0.15, -0.1) is 0 Å². The first-order valence-corrected chi connectivity index (χ1v) is 10.7. The molecule has 0 aromatic carbocycles. The van der Waals surface area contributed by atoms with Gasteiger partial charge in [-0.2, -0.15) is 12.6 Å². The van der Waals surface area contributed by atoms with E-state index in [1.165, 1.54) is 4.90 Å². The number of aliphatic carboxylic acids is 1. The highest BCUT2D eigenvalue weighted by Gasteiger charge is 2.39. The normalized spacial score (nSPS) is 20.7. The second-order valence-corrected chi connectivity index (χ2v) is 8.28. The molecule has 0 aliphatic carbocycles. The Hall–Kier alpha value is -1.81. The molecule has 0 aromatic heterocycles. The van der Waals surface area contributed by atoms with E-state index in [2.05, 4.69) is 23.3 Å². The zero-order valence-electron chi connectivity index (χ0n) is 17.6. The summed E-state index contributed by atoms with van der Waals surface area (Å²) >= 11 is 4.17. The van der Waals surface area contributed by atoms with Gasteiger partial charge in [-0.25, -0.2) is 4.79 Å². The maximum atomic E-state index is 13.0. The largest absolute Gasteiger partial charge is 0.480 e. The van der Waals surface area contributed by atoms with Gasteiger partial charge in [-0.05, 0) is 24.7 Å². The molecule has 5 N–H and O–H groups in total. The lowest BCUT2D eigenvalue weighted by atomic mass is 9.99. The van der Waals surface area contributed by atoms with E-state index in [1.807, 2.05) is 13.8 Å². The summed E-state index contributed by atoms with van der Waals surface area (Å²) in [6, 6.07) is -3.45. The molecule has 0 spiro atoms. The molecular weight excluding hydrogens is 396 g/mol. The highest BCUT2D eigenvalue weighted by molar-refractivity contribution is 7.80. The maximum Gasteiger partial charge on any atom is 0.326 e. The quantitative estimate of drug-likeness (QED) is 0.309. The molecule has 0 saturated carbocycles. The predicted octanol–water partition coefficient (Wildman–Crippen LogP) is -0.00920. The Kier molecular flexibility index (Phi) is 9.91. The lowest BCUT2D eigenvalue weighted by molar-refractivity contribution is -0.145. The topological polar surface area (TPSA) is 142 Å². The Balaban J connectivity index is 2.85. The van der Waals surface area contributed by atoms with Crippen molar-refractivity contribution in [3.63, 3.8) is 0 Å². The Labute approximate surface area is 177 Å². The van der Waals surface area contributed by atoms with Gasteiger partial charge in [0.1, 0.15) is 18.1 Å². The summed E-state index contributed by atoms with van der Waals surface area (Å²) in [5.41, 5.74) is 5.93. The van der Waals surface area contributed by atoms with Crippen molar-refractivity contribution < 1.29 is 24.3 Å². The third-order valence-corrected chi connectivity index (χ3v) is 5.79. The molecule has 9 nitrogen and oxygen atoms in total. The number of thiol groups is 1. The molecular formula is C19H34N4O5S. The first kappa shape index (κ1) is 25.2. The summed E-state index contributed by atoms with van der Waals surface area (Å²) in [6.07, 6.45) is 1.77. The van der Waals surface area contributed by atoms with E-state index in [4.69, 9.17) is 5.73 Å². The molecule has 29 heavy (non-hydrogen) atoms. The van der Waals surface area contributed by atoms with Crippen LogP contribution in [0, 0.1) is 11.8 Å². The number of nitrogens with zero attached hydrogens (tertiary/aromatic N) is 1. The molecule has 0 aromatic rings. The third kappa shape index (κ3) is 6.60. The van der Waals surface area contributed by atoms with Gasteiger partial charge in [0.05, 0.1) is 6.04 Å². The average molecular weight is 431 g/mol. The monoisotopic (exact) mass is 430 g/mol. The van der Waals surface area contributed by atoms with E-state index in [1.54, 1.807) is 13.8 Å². The number of carbonyl (C=O) groups excluding carboxylic acids is 3. The summed E-state index contributed by atoms with van der Waals surface area (Å²) in [5.74, 6) is -2.75. The summed E-state index contributed by atoms with van der Waals surface area (Å²) in [7, 11) is 0. The Morgan fingerprint density at radius 1 is 1.21 bits per heavy atom. The summed E-state index contributed by atoms with van der Waals surface area (Å²) in [5, 5.41) is 14.4. The van der Waals surface area contributed by atoms with Gasteiger partial charge < -0.3 is 26.4 Å². The first-order chi connectivity index (χ1) is 13.5. The molecule has 1 aliphatic heterocycles. The van der Waals surface area contributed by atoms with Gasteiger partial charge in [-0.1, -0.05) is 34.1 Å². The van der Waals surface area contributed by atoms with Crippen LogP contribution in [0.1, 0.15) is 47.0 Å². The van der Waals surface area contributed by atoms with Gasteiger partial charge in [0.2, 0.25) is 17.7 Å². The van der Waals surface area contributed by atoms with E-state index >= 15 is 0 Å². The van der Waals surface area contributed by atoms with Crippen LogP contribution >= 0.6 is 12.6 Å². The fourth-order valence-electron chi connectivity index (χ4n) is 3.23. The zero-order chi connectivity index (χ0) is 22.3. The minimum absolute atomic E-state index is 0.0417. The molecule has 3 amide bonds. The van der Waals surface area contributed by atoms with Gasteiger partial charge in [0.25, 0.3) is 0 Å². The van der Waals surface area contributed by atoms with E-state index in [9.17, 15) is 24.3 Å². The summed E-state index contributed by atoms with van der Waals surface area (Å²) in [6.45, 7) is 7.53. The summed E-state index contributed by atoms with van der Waals surface area (Å²) < 4.78 is 0. The highest BCUT2D eigenvalue weighted by atomic mass is 32.1. The SMILES string of the molecule is CCC(C)C(N)C(=O)NC(CS)C(=O)N1CCCC1C(=O)NC(C(=O)O)C(C)C. The van der Waals surface area contributed by atoms with Crippen LogP contribution in [-0.2, 0) is 19.2 Å². The zero-order valence-corrected chi connectivity index (χ0v) is 18.4. The van der Waals surface area contributed by atoms with E-state index in [0.29, 0.717) is 19.4 Å². The molecule has 0 radical (unpaired) electrons. The van der Waals surface area contributed by atoms with Gasteiger partial charge in [0.15, 0.2) is 0 Å². The van der Waals surface area contributed by atoms with Crippen molar-refractivity contribution in [2.24, 2.45) is 17.6 Å². The minimum Gasteiger partial charge on any atom is -0.480 e.